The largest absolute Gasteiger partial charge is 0.297 e. The van der Waals surface area contributed by atoms with Crippen molar-refractivity contribution in [3.05, 3.63) is 33.8 Å². The lowest BCUT2D eigenvalue weighted by atomic mass is 10.0. The summed E-state index contributed by atoms with van der Waals surface area (Å²) in [5, 5.41) is 1.29. The summed E-state index contributed by atoms with van der Waals surface area (Å²) in [5.41, 5.74) is 1.26. The fourth-order valence-electron chi connectivity index (χ4n) is 2.29. The van der Waals surface area contributed by atoms with Crippen molar-refractivity contribution in [3.63, 3.8) is 0 Å². The van der Waals surface area contributed by atoms with Gasteiger partial charge in [-0.1, -0.05) is 35.7 Å². The highest BCUT2D eigenvalue weighted by Crippen LogP contribution is 2.29. The van der Waals surface area contributed by atoms with Gasteiger partial charge >= 0.3 is 0 Å². The molecular weight excluding hydrogens is 241 g/mol. The van der Waals surface area contributed by atoms with Gasteiger partial charge in [0.1, 0.15) is 0 Å². The predicted molar refractivity (Wildman–Crippen MR) is 70.3 cm³/mol. The van der Waals surface area contributed by atoms with Crippen LogP contribution in [0, 0.1) is 0 Å². The zero-order chi connectivity index (χ0) is 11.5. The number of piperidine rings is 1. The Morgan fingerprint density at radius 3 is 2.38 bits per heavy atom. The van der Waals surface area contributed by atoms with Crippen molar-refractivity contribution < 1.29 is 0 Å². The zero-order valence-corrected chi connectivity index (χ0v) is 11.1. The van der Waals surface area contributed by atoms with Gasteiger partial charge in [-0.2, -0.15) is 0 Å². The molecule has 0 amide bonds. The molecule has 1 aromatic rings. The quantitative estimate of drug-likeness (QED) is 0.752. The van der Waals surface area contributed by atoms with Gasteiger partial charge in [0, 0.05) is 6.04 Å². The molecule has 0 aliphatic carbocycles. The summed E-state index contributed by atoms with van der Waals surface area (Å²) < 4.78 is 0. The molecule has 1 atom stereocenters. The summed E-state index contributed by atoms with van der Waals surface area (Å²) in [4.78, 5) is 2.52. The molecule has 0 N–H and O–H groups in total. The molecule has 3 heteroatoms. The van der Waals surface area contributed by atoms with Crippen LogP contribution in [0.15, 0.2) is 18.2 Å². The molecule has 1 nitrogen and oxygen atoms in total. The molecule has 1 aliphatic heterocycles. The fourth-order valence-corrected chi connectivity index (χ4v) is 2.60. The van der Waals surface area contributed by atoms with Crippen molar-refractivity contribution in [2.45, 2.75) is 32.2 Å². The predicted octanol–water partition coefficient (Wildman–Crippen LogP) is 4.54. The van der Waals surface area contributed by atoms with Crippen LogP contribution in [0.4, 0.5) is 0 Å². The number of rotatable bonds is 2. The smallest absolute Gasteiger partial charge is 0.0595 e. The van der Waals surface area contributed by atoms with Crippen LogP contribution in [-0.4, -0.2) is 18.0 Å². The van der Waals surface area contributed by atoms with E-state index < -0.39 is 0 Å². The Morgan fingerprint density at radius 2 is 1.75 bits per heavy atom. The third kappa shape index (κ3) is 2.71. The van der Waals surface area contributed by atoms with Gasteiger partial charge in [-0.05, 0) is 50.6 Å². The van der Waals surface area contributed by atoms with Gasteiger partial charge in [0.05, 0.1) is 10.0 Å². The Balaban J connectivity index is 2.12. The van der Waals surface area contributed by atoms with E-state index in [1.54, 1.807) is 0 Å². The number of hydrogen-bond donors (Lipinski definition) is 0. The minimum atomic E-state index is 0.440. The third-order valence-corrected chi connectivity index (χ3v) is 4.10. The molecule has 1 aliphatic rings. The first-order valence-electron chi connectivity index (χ1n) is 5.87. The fraction of sp³-hybridized carbons (Fsp3) is 0.538. The van der Waals surface area contributed by atoms with E-state index in [0.29, 0.717) is 16.1 Å². The number of nitrogens with zero attached hydrogens (tertiary/aromatic N) is 1. The Hall–Kier alpha value is -0.240. The van der Waals surface area contributed by atoms with Crippen molar-refractivity contribution in [2.24, 2.45) is 0 Å². The SMILES string of the molecule is C[C@@H](c1ccc(Cl)c(Cl)c1)N1CCCCC1. The summed E-state index contributed by atoms with van der Waals surface area (Å²) in [6.07, 6.45) is 3.99. The van der Waals surface area contributed by atoms with Crippen LogP contribution in [0.25, 0.3) is 0 Å². The second-order valence-corrected chi connectivity index (χ2v) is 5.26. The maximum Gasteiger partial charge on any atom is 0.0595 e. The van der Waals surface area contributed by atoms with E-state index in [1.165, 1.54) is 37.9 Å². The molecular formula is C13H17Cl2N. The molecule has 0 bridgehead atoms. The molecule has 0 unspecified atom stereocenters. The molecule has 1 aromatic carbocycles. The Labute approximate surface area is 107 Å². The highest BCUT2D eigenvalue weighted by atomic mass is 35.5. The van der Waals surface area contributed by atoms with Crippen molar-refractivity contribution in [3.8, 4) is 0 Å². The summed E-state index contributed by atoms with van der Waals surface area (Å²) in [6, 6.07) is 6.39. The topological polar surface area (TPSA) is 3.24 Å². The first-order chi connectivity index (χ1) is 7.68. The van der Waals surface area contributed by atoms with E-state index in [-0.39, 0.29) is 0 Å². The van der Waals surface area contributed by atoms with Gasteiger partial charge < -0.3 is 0 Å². The van der Waals surface area contributed by atoms with Gasteiger partial charge in [0.15, 0.2) is 0 Å². The Morgan fingerprint density at radius 1 is 1.06 bits per heavy atom. The molecule has 1 heterocycles. The standard InChI is InChI=1S/C13H17Cl2N/c1-10(16-7-3-2-4-8-16)11-5-6-12(14)13(15)9-11/h5-6,9-10H,2-4,7-8H2,1H3/t10-/m0/s1. The van der Waals surface area contributed by atoms with Gasteiger partial charge in [-0.3, -0.25) is 4.90 Å². The van der Waals surface area contributed by atoms with Crippen LogP contribution < -0.4 is 0 Å². The maximum absolute atomic E-state index is 6.05. The lowest BCUT2D eigenvalue weighted by molar-refractivity contribution is 0.175. The molecule has 1 saturated heterocycles. The van der Waals surface area contributed by atoms with Crippen molar-refractivity contribution in [1.29, 1.82) is 0 Å². The van der Waals surface area contributed by atoms with Gasteiger partial charge in [0.25, 0.3) is 0 Å². The highest BCUT2D eigenvalue weighted by Gasteiger charge is 2.18. The van der Waals surface area contributed by atoms with E-state index in [0.717, 1.165) is 0 Å². The third-order valence-electron chi connectivity index (χ3n) is 3.36. The van der Waals surface area contributed by atoms with E-state index in [2.05, 4.69) is 17.9 Å². The average Bonchev–Trinajstić information content (AvgIpc) is 2.33. The maximum atomic E-state index is 6.05. The molecule has 0 radical (unpaired) electrons. The summed E-state index contributed by atoms with van der Waals surface area (Å²) >= 11 is 12.0. The van der Waals surface area contributed by atoms with Crippen LogP contribution in [-0.2, 0) is 0 Å². The van der Waals surface area contributed by atoms with Crippen LogP contribution >= 0.6 is 23.2 Å². The van der Waals surface area contributed by atoms with Crippen molar-refractivity contribution in [2.75, 3.05) is 13.1 Å². The minimum Gasteiger partial charge on any atom is -0.297 e. The molecule has 0 saturated carbocycles. The van der Waals surface area contributed by atoms with E-state index in [4.69, 9.17) is 23.2 Å². The number of likely N-dealkylation sites (tertiary alicyclic amines) is 1. The summed E-state index contributed by atoms with van der Waals surface area (Å²) in [7, 11) is 0. The summed E-state index contributed by atoms with van der Waals surface area (Å²) in [6.45, 7) is 4.63. The first kappa shape index (κ1) is 12.2. The second-order valence-electron chi connectivity index (χ2n) is 4.45. The molecule has 2 rings (SSSR count). The lowest BCUT2D eigenvalue weighted by Gasteiger charge is -2.32. The molecule has 0 aromatic heterocycles. The van der Waals surface area contributed by atoms with E-state index in [9.17, 15) is 0 Å². The Bertz CT molecular complexity index is 359. The zero-order valence-electron chi connectivity index (χ0n) is 9.55. The average molecular weight is 258 g/mol. The molecule has 1 fully saturated rings. The van der Waals surface area contributed by atoms with Gasteiger partial charge in [-0.25, -0.2) is 0 Å². The minimum absolute atomic E-state index is 0.440. The summed E-state index contributed by atoms with van der Waals surface area (Å²) in [5.74, 6) is 0. The molecule has 88 valence electrons. The van der Waals surface area contributed by atoms with Crippen LogP contribution in [0.2, 0.25) is 10.0 Å². The lowest BCUT2D eigenvalue weighted by Crippen LogP contribution is -2.32. The number of halogens is 2. The van der Waals surface area contributed by atoms with E-state index >= 15 is 0 Å². The van der Waals surface area contributed by atoms with Crippen LogP contribution in [0.1, 0.15) is 37.8 Å². The highest BCUT2D eigenvalue weighted by molar-refractivity contribution is 6.42. The normalized spacial score (nSPS) is 19.7. The van der Waals surface area contributed by atoms with Crippen molar-refractivity contribution >= 4 is 23.2 Å². The first-order valence-corrected chi connectivity index (χ1v) is 6.63. The van der Waals surface area contributed by atoms with Crippen molar-refractivity contribution in [1.82, 2.24) is 4.90 Å². The van der Waals surface area contributed by atoms with Crippen LogP contribution in [0.5, 0.6) is 0 Å². The monoisotopic (exact) mass is 257 g/mol. The number of benzene rings is 1. The second kappa shape index (κ2) is 5.39. The Kier molecular flexibility index (Phi) is 4.12. The van der Waals surface area contributed by atoms with Gasteiger partial charge in [-0.15, -0.1) is 0 Å². The molecule has 16 heavy (non-hydrogen) atoms. The molecule has 0 spiro atoms. The van der Waals surface area contributed by atoms with Crippen LogP contribution in [0.3, 0.4) is 0 Å². The van der Waals surface area contributed by atoms with Gasteiger partial charge in [0.2, 0.25) is 0 Å². The van der Waals surface area contributed by atoms with E-state index in [1.807, 2.05) is 12.1 Å². The number of hydrogen-bond acceptors (Lipinski definition) is 1.